The molecule has 0 aliphatic rings. The number of nitrogens with one attached hydrogen (secondary N) is 2. The number of sulfonamides is 1. The maximum absolute atomic E-state index is 12.0. The van der Waals surface area contributed by atoms with E-state index in [0.29, 0.717) is 24.5 Å². The van der Waals surface area contributed by atoms with Gasteiger partial charge in [-0.3, -0.25) is 4.21 Å². The van der Waals surface area contributed by atoms with E-state index in [2.05, 4.69) is 15.0 Å². The average Bonchev–Trinajstić information content (AvgIpc) is 2.37. The van der Waals surface area contributed by atoms with Crippen LogP contribution in [-0.4, -0.2) is 42.7 Å². The molecule has 1 atom stereocenters. The molecular formula is C11H18ClN3O3S2. The van der Waals surface area contributed by atoms with Crippen LogP contribution in [0.25, 0.3) is 0 Å². The molecule has 0 bridgehead atoms. The molecule has 0 fully saturated rings. The van der Waals surface area contributed by atoms with Crippen molar-refractivity contribution in [2.75, 3.05) is 30.4 Å². The van der Waals surface area contributed by atoms with Crippen molar-refractivity contribution >= 4 is 38.2 Å². The third-order valence-corrected chi connectivity index (χ3v) is 4.95. The molecule has 0 aliphatic carbocycles. The largest absolute Gasteiger partial charge is 0.369 e. The smallest absolute Gasteiger partial charge is 0.242 e. The molecular weight excluding hydrogens is 322 g/mol. The van der Waals surface area contributed by atoms with Crippen LogP contribution < -0.4 is 10.0 Å². The SMILES string of the molecule is CCNc1ncc(S(=O)(=O)NCCCS(C)=O)cc1Cl. The molecule has 0 radical (unpaired) electrons. The zero-order valence-corrected chi connectivity index (χ0v) is 13.7. The molecule has 0 saturated carbocycles. The van der Waals surface area contributed by atoms with E-state index in [4.69, 9.17) is 11.6 Å². The van der Waals surface area contributed by atoms with E-state index in [0.717, 1.165) is 0 Å². The molecule has 114 valence electrons. The first-order valence-corrected chi connectivity index (χ1v) is 9.64. The van der Waals surface area contributed by atoms with Gasteiger partial charge in [0.05, 0.1) is 5.02 Å². The number of hydrogen-bond donors (Lipinski definition) is 2. The van der Waals surface area contributed by atoms with Gasteiger partial charge in [-0.15, -0.1) is 0 Å². The Hall–Kier alpha value is -0.700. The lowest BCUT2D eigenvalue weighted by atomic mass is 10.4. The van der Waals surface area contributed by atoms with E-state index >= 15 is 0 Å². The molecule has 1 unspecified atom stereocenters. The van der Waals surface area contributed by atoms with Gasteiger partial charge in [0.25, 0.3) is 0 Å². The number of rotatable bonds is 8. The van der Waals surface area contributed by atoms with Gasteiger partial charge in [-0.05, 0) is 19.4 Å². The quantitative estimate of drug-likeness (QED) is 0.695. The van der Waals surface area contributed by atoms with Crippen molar-refractivity contribution in [3.05, 3.63) is 17.3 Å². The molecule has 1 heterocycles. The minimum Gasteiger partial charge on any atom is -0.369 e. The van der Waals surface area contributed by atoms with E-state index in [1.54, 1.807) is 6.26 Å². The van der Waals surface area contributed by atoms with Gasteiger partial charge in [-0.2, -0.15) is 0 Å². The van der Waals surface area contributed by atoms with Crippen LogP contribution in [0.2, 0.25) is 5.02 Å². The van der Waals surface area contributed by atoms with Crippen LogP contribution in [0.15, 0.2) is 17.2 Å². The van der Waals surface area contributed by atoms with Crippen molar-refractivity contribution in [3.8, 4) is 0 Å². The third kappa shape index (κ3) is 5.35. The minimum atomic E-state index is -3.64. The summed E-state index contributed by atoms with van der Waals surface area (Å²) in [6.45, 7) is 2.77. The molecule has 0 aliphatic heterocycles. The summed E-state index contributed by atoms with van der Waals surface area (Å²) in [7, 11) is -4.56. The van der Waals surface area contributed by atoms with Crippen LogP contribution in [-0.2, 0) is 20.8 Å². The van der Waals surface area contributed by atoms with Gasteiger partial charge in [0.2, 0.25) is 10.0 Å². The van der Waals surface area contributed by atoms with E-state index in [9.17, 15) is 12.6 Å². The molecule has 0 saturated heterocycles. The molecule has 2 N–H and O–H groups in total. The zero-order chi connectivity index (χ0) is 15.2. The Morgan fingerprint density at radius 3 is 2.70 bits per heavy atom. The van der Waals surface area contributed by atoms with Crippen LogP contribution in [0.5, 0.6) is 0 Å². The Balaban J connectivity index is 2.72. The molecule has 0 aromatic carbocycles. The monoisotopic (exact) mass is 339 g/mol. The normalized spacial score (nSPS) is 13.2. The first kappa shape index (κ1) is 17.4. The number of nitrogens with zero attached hydrogens (tertiary/aromatic N) is 1. The highest BCUT2D eigenvalue weighted by molar-refractivity contribution is 7.89. The summed E-state index contributed by atoms with van der Waals surface area (Å²) in [5.41, 5.74) is 0. The summed E-state index contributed by atoms with van der Waals surface area (Å²) in [6.07, 6.45) is 3.35. The summed E-state index contributed by atoms with van der Waals surface area (Å²) >= 11 is 5.96. The second-order valence-electron chi connectivity index (χ2n) is 4.06. The predicted molar refractivity (Wildman–Crippen MR) is 82.1 cm³/mol. The Morgan fingerprint density at radius 1 is 1.45 bits per heavy atom. The fourth-order valence-corrected chi connectivity index (χ4v) is 3.32. The van der Waals surface area contributed by atoms with Gasteiger partial charge in [-0.25, -0.2) is 18.1 Å². The van der Waals surface area contributed by atoms with Gasteiger partial charge in [0, 0.05) is 42.1 Å². The lowest BCUT2D eigenvalue weighted by molar-refractivity contribution is 0.580. The topological polar surface area (TPSA) is 88.2 Å². The molecule has 0 spiro atoms. The molecule has 1 aromatic rings. The number of pyridine rings is 1. The van der Waals surface area contributed by atoms with Gasteiger partial charge in [0.15, 0.2) is 0 Å². The fourth-order valence-electron chi connectivity index (χ4n) is 1.43. The number of halogens is 1. The van der Waals surface area contributed by atoms with Crippen molar-refractivity contribution in [2.24, 2.45) is 0 Å². The van der Waals surface area contributed by atoms with Gasteiger partial charge in [-0.1, -0.05) is 11.6 Å². The third-order valence-electron chi connectivity index (χ3n) is 2.37. The van der Waals surface area contributed by atoms with Crippen molar-refractivity contribution < 1.29 is 12.6 Å². The highest BCUT2D eigenvalue weighted by Gasteiger charge is 2.16. The van der Waals surface area contributed by atoms with Crippen molar-refractivity contribution in [2.45, 2.75) is 18.2 Å². The number of anilines is 1. The minimum absolute atomic E-state index is 0.0155. The van der Waals surface area contributed by atoms with E-state index in [1.807, 2.05) is 6.92 Å². The molecule has 6 nitrogen and oxygen atoms in total. The Bertz CT molecular complexity index is 578. The van der Waals surface area contributed by atoms with Crippen molar-refractivity contribution in [3.63, 3.8) is 0 Å². The zero-order valence-electron chi connectivity index (χ0n) is 11.3. The first-order chi connectivity index (χ1) is 9.36. The summed E-state index contributed by atoms with van der Waals surface area (Å²) in [6, 6.07) is 1.35. The van der Waals surface area contributed by atoms with Gasteiger partial charge < -0.3 is 5.32 Å². The summed E-state index contributed by atoms with van der Waals surface area (Å²) in [5.74, 6) is 0.912. The Kier molecular flexibility index (Phi) is 6.87. The lowest BCUT2D eigenvalue weighted by Gasteiger charge is -2.09. The van der Waals surface area contributed by atoms with Crippen molar-refractivity contribution in [1.29, 1.82) is 0 Å². The van der Waals surface area contributed by atoms with Crippen LogP contribution in [0.4, 0.5) is 5.82 Å². The first-order valence-electron chi connectivity index (χ1n) is 6.06. The molecule has 0 amide bonds. The Morgan fingerprint density at radius 2 is 2.15 bits per heavy atom. The van der Waals surface area contributed by atoms with E-state index in [1.165, 1.54) is 12.3 Å². The van der Waals surface area contributed by atoms with Gasteiger partial charge >= 0.3 is 0 Å². The molecule has 20 heavy (non-hydrogen) atoms. The highest BCUT2D eigenvalue weighted by atomic mass is 35.5. The van der Waals surface area contributed by atoms with E-state index < -0.39 is 20.8 Å². The molecule has 1 rings (SSSR count). The fraction of sp³-hybridized carbons (Fsp3) is 0.545. The summed E-state index contributed by atoms with van der Waals surface area (Å²) in [4.78, 5) is 4.00. The Labute approximate surface area is 126 Å². The molecule has 1 aromatic heterocycles. The second kappa shape index (κ2) is 7.92. The summed E-state index contributed by atoms with van der Waals surface area (Å²) < 4.78 is 37.3. The maximum atomic E-state index is 12.0. The van der Waals surface area contributed by atoms with Crippen LogP contribution in [0, 0.1) is 0 Å². The second-order valence-corrected chi connectivity index (χ2v) is 7.79. The summed E-state index contributed by atoms with van der Waals surface area (Å²) in [5, 5.41) is 3.18. The van der Waals surface area contributed by atoms with Crippen LogP contribution in [0.3, 0.4) is 0 Å². The van der Waals surface area contributed by atoms with Gasteiger partial charge in [0.1, 0.15) is 10.7 Å². The maximum Gasteiger partial charge on any atom is 0.242 e. The standard InChI is InChI=1S/C11H18ClN3O3S2/c1-3-13-11-10(12)7-9(8-14-11)20(17,18)15-5-4-6-19(2)16/h7-8,15H,3-6H2,1-2H3,(H,13,14). The van der Waals surface area contributed by atoms with E-state index in [-0.39, 0.29) is 16.5 Å². The lowest BCUT2D eigenvalue weighted by Crippen LogP contribution is -2.26. The molecule has 9 heteroatoms. The van der Waals surface area contributed by atoms with Crippen LogP contribution in [0.1, 0.15) is 13.3 Å². The average molecular weight is 340 g/mol. The predicted octanol–water partition coefficient (Wildman–Crippen LogP) is 1.21. The number of aromatic nitrogens is 1. The van der Waals surface area contributed by atoms with Crippen molar-refractivity contribution in [1.82, 2.24) is 9.71 Å². The number of hydrogen-bond acceptors (Lipinski definition) is 5. The highest BCUT2D eigenvalue weighted by Crippen LogP contribution is 2.22. The van der Waals surface area contributed by atoms with Crippen LogP contribution >= 0.6 is 11.6 Å².